The molecule has 0 aliphatic carbocycles. The van der Waals surface area contributed by atoms with Gasteiger partial charge < -0.3 is 10.0 Å². The first-order valence-corrected chi connectivity index (χ1v) is 6.86. The lowest BCUT2D eigenvalue weighted by molar-refractivity contribution is 0.0529. The Bertz CT molecular complexity index is 608. The summed E-state index contributed by atoms with van der Waals surface area (Å²) in [5.74, 6) is -0.0386. The third kappa shape index (κ3) is 2.83. The minimum Gasteiger partial charge on any atom is -0.395 e. The fraction of sp³-hybridized carbons (Fsp3) is 0.353. The van der Waals surface area contributed by atoms with E-state index in [1.54, 1.807) is 4.90 Å². The van der Waals surface area contributed by atoms with Gasteiger partial charge in [0.25, 0.3) is 5.91 Å². The van der Waals surface area contributed by atoms with Gasteiger partial charge >= 0.3 is 0 Å². The monoisotopic (exact) mass is 271 g/mol. The third-order valence-electron chi connectivity index (χ3n) is 3.40. The first kappa shape index (κ1) is 14.5. The minimum atomic E-state index is -0.323. The van der Waals surface area contributed by atoms with Crippen LogP contribution < -0.4 is 0 Å². The molecule has 3 heteroatoms. The maximum atomic E-state index is 12.8. The van der Waals surface area contributed by atoms with Crippen LogP contribution in [-0.2, 0) is 0 Å². The molecule has 106 valence electrons. The third-order valence-corrected chi connectivity index (χ3v) is 3.40. The van der Waals surface area contributed by atoms with E-state index in [4.69, 9.17) is 0 Å². The van der Waals surface area contributed by atoms with Gasteiger partial charge in [0.1, 0.15) is 0 Å². The first-order valence-electron chi connectivity index (χ1n) is 6.86. The Kier molecular flexibility index (Phi) is 4.09. The Morgan fingerprint density at radius 3 is 2.40 bits per heavy atom. The maximum Gasteiger partial charge on any atom is 0.254 e. The van der Waals surface area contributed by atoms with Gasteiger partial charge in [-0.3, -0.25) is 4.79 Å². The van der Waals surface area contributed by atoms with Crippen LogP contribution in [0.5, 0.6) is 0 Å². The van der Waals surface area contributed by atoms with Crippen LogP contribution in [-0.4, -0.2) is 34.6 Å². The van der Waals surface area contributed by atoms with Gasteiger partial charge in [-0.05, 0) is 37.6 Å². The predicted molar refractivity (Wildman–Crippen MR) is 81.8 cm³/mol. The molecule has 20 heavy (non-hydrogen) atoms. The molecule has 0 unspecified atom stereocenters. The molecule has 1 amide bonds. The van der Waals surface area contributed by atoms with Gasteiger partial charge in [0.2, 0.25) is 0 Å². The highest BCUT2D eigenvalue weighted by atomic mass is 16.3. The fourth-order valence-corrected chi connectivity index (χ4v) is 2.40. The zero-order valence-electron chi connectivity index (χ0n) is 12.3. The van der Waals surface area contributed by atoms with E-state index in [-0.39, 0.29) is 18.1 Å². The predicted octanol–water partition coefficient (Wildman–Crippen LogP) is 3.07. The van der Waals surface area contributed by atoms with Crippen molar-refractivity contribution >= 4 is 16.7 Å². The SMILES string of the molecule is CC(C)(C)N(CCO)C(=O)c1cccc2ccccc12. The van der Waals surface area contributed by atoms with Gasteiger partial charge in [0.05, 0.1) is 6.61 Å². The van der Waals surface area contributed by atoms with Crippen LogP contribution in [0.25, 0.3) is 10.8 Å². The van der Waals surface area contributed by atoms with E-state index in [0.29, 0.717) is 12.1 Å². The van der Waals surface area contributed by atoms with Gasteiger partial charge in [-0.15, -0.1) is 0 Å². The van der Waals surface area contributed by atoms with Crippen LogP contribution in [0.1, 0.15) is 31.1 Å². The van der Waals surface area contributed by atoms with Gasteiger partial charge in [0.15, 0.2) is 0 Å². The van der Waals surface area contributed by atoms with E-state index in [1.165, 1.54) is 0 Å². The number of hydrogen-bond donors (Lipinski definition) is 1. The number of amides is 1. The summed E-state index contributed by atoms with van der Waals surface area (Å²) < 4.78 is 0. The fourth-order valence-electron chi connectivity index (χ4n) is 2.40. The van der Waals surface area contributed by atoms with Crippen LogP contribution in [0, 0.1) is 0 Å². The quantitative estimate of drug-likeness (QED) is 0.932. The van der Waals surface area contributed by atoms with Crippen molar-refractivity contribution in [3.63, 3.8) is 0 Å². The van der Waals surface area contributed by atoms with Crippen LogP contribution in [0.15, 0.2) is 42.5 Å². The van der Waals surface area contributed by atoms with E-state index < -0.39 is 0 Å². The lowest BCUT2D eigenvalue weighted by Gasteiger charge is -2.35. The van der Waals surface area contributed by atoms with E-state index in [0.717, 1.165) is 10.8 Å². The molecule has 0 aliphatic heterocycles. The zero-order valence-corrected chi connectivity index (χ0v) is 12.3. The molecule has 2 aromatic rings. The molecule has 0 radical (unpaired) electrons. The van der Waals surface area contributed by atoms with Crippen molar-refractivity contribution in [1.82, 2.24) is 4.90 Å². The van der Waals surface area contributed by atoms with Gasteiger partial charge in [-0.1, -0.05) is 36.4 Å². The Morgan fingerprint density at radius 1 is 1.10 bits per heavy atom. The van der Waals surface area contributed by atoms with Crippen molar-refractivity contribution in [3.8, 4) is 0 Å². The van der Waals surface area contributed by atoms with Crippen LogP contribution >= 0.6 is 0 Å². The number of β-amino-alcohol motifs (C(OH)–C–C–N with tert-alkyl or cyclic N) is 1. The standard InChI is InChI=1S/C17H21NO2/c1-17(2,3)18(11-12-19)16(20)15-10-6-8-13-7-4-5-9-14(13)15/h4-10,19H,11-12H2,1-3H3. The number of fused-ring (bicyclic) bond motifs is 1. The number of hydrogen-bond acceptors (Lipinski definition) is 2. The molecule has 0 aromatic heterocycles. The van der Waals surface area contributed by atoms with Crippen LogP contribution in [0.4, 0.5) is 0 Å². The normalized spacial score (nSPS) is 11.6. The topological polar surface area (TPSA) is 40.5 Å². The largest absolute Gasteiger partial charge is 0.395 e. The second kappa shape index (κ2) is 5.63. The van der Waals surface area contributed by atoms with Crippen molar-refractivity contribution in [2.24, 2.45) is 0 Å². The Balaban J connectivity index is 2.49. The molecule has 0 spiro atoms. The number of nitrogens with zero attached hydrogens (tertiary/aromatic N) is 1. The average molecular weight is 271 g/mol. The molecule has 0 aliphatic rings. The summed E-state index contributed by atoms with van der Waals surface area (Å²) >= 11 is 0. The summed E-state index contributed by atoms with van der Waals surface area (Å²) in [5.41, 5.74) is 0.364. The molecule has 0 heterocycles. The van der Waals surface area contributed by atoms with Gasteiger partial charge in [-0.2, -0.15) is 0 Å². The average Bonchev–Trinajstić information content (AvgIpc) is 2.42. The second-order valence-corrected chi connectivity index (χ2v) is 5.88. The van der Waals surface area contributed by atoms with Crippen molar-refractivity contribution in [2.45, 2.75) is 26.3 Å². The number of benzene rings is 2. The van der Waals surface area contributed by atoms with E-state index in [9.17, 15) is 9.90 Å². The maximum absolute atomic E-state index is 12.8. The molecule has 0 fully saturated rings. The molecule has 0 bridgehead atoms. The zero-order chi connectivity index (χ0) is 14.8. The summed E-state index contributed by atoms with van der Waals surface area (Å²) in [6.45, 7) is 6.24. The van der Waals surface area contributed by atoms with Gasteiger partial charge in [-0.25, -0.2) is 0 Å². The second-order valence-electron chi connectivity index (χ2n) is 5.88. The molecule has 1 N–H and O–H groups in total. The first-order chi connectivity index (χ1) is 9.45. The number of carbonyl (C=O) groups excluding carboxylic acids is 1. The highest BCUT2D eigenvalue weighted by molar-refractivity contribution is 6.07. The highest BCUT2D eigenvalue weighted by Crippen LogP contribution is 2.23. The number of aliphatic hydroxyl groups excluding tert-OH is 1. The summed E-state index contributed by atoms with van der Waals surface area (Å²) in [6.07, 6.45) is 0. The Morgan fingerprint density at radius 2 is 1.75 bits per heavy atom. The van der Waals surface area contributed by atoms with Crippen molar-refractivity contribution in [3.05, 3.63) is 48.0 Å². The molecule has 0 saturated carbocycles. The molecule has 2 aromatic carbocycles. The molecule has 0 atom stereocenters. The van der Waals surface area contributed by atoms with E-state index >= 15 is 0 Å². The van der Waals surface area contributed by atoms with E-state index in [2.05, 4.69) is 0 Å². The van der Waals surface area contributed by atoms with Crippen molar-refractivity contribution in [1.29, 1.82) is 0 Å². The lowest BCUT2D eigenvalue weighted by atomic mass is 10.00. The number of aliphatic hydroxyl groups is 1. The molecular formula is C17H21NO2. The Labute approximate surface area is 119 Å². The molecule has 0 saturated heterocycles. The number of rotatable bonds is 3. The summed E-state index contributed by atoms with van der Waals surface area (Å²) in [5, 5.41) is 11.2. The summed E-state index contributed by atoms with van der Waals surface area (Å²) in [4.78, 5) is 14.5. The molecular weight excluding hydrogens is 250 g/mol. The smallest absolute Gasteiger partial charge is 0.254 e. The van der Waals surface area contributed by atoms with Crippen LogP contribution in [0.2, 0.25) is 0 Å². The van der Waals surface area contributed by atoms with Crippen molar-refractivity contribution < 1.29 is 9.90 Å². The Hall–Kier alpha value is -1.87. The van der Waals surface area contributed by atoms with Gasteiger partial charge in [0, 0.05) is 17.6 Å². The highest BCUT2D eigenvalue weighted by Gasteiger charge is 2.27. The molecule has 2 rings (SSSR count). The lowest BCUT2D eigenvalue weighted by Crippen LogP contribution is -2.47. The summed E-state index contributed by atoms with van der Waals surface area (Å²) in [7, 11) is 0. The summed E-state index contributed by atoms with van der Waals surface area (Å²) in [6, 6.07) is 13.6. The van der Waals surface area contributed by atoms with E-state index in [1.807, 2.05) is 63.2 Å². The molecule has 3 nitrogen and oxygen atoms in total. The van der Waals surface area contributed by atoms with Crippen LogP contribution in [0.3, 0.4) is 0 Å². The minimum absolute atomic E-state index is 0.0340. The number of carbonyl (C=O) groups is 1. The van der Waals surface area contributed by atoms with Crippen molar-refractivity contribution in [2.75, 3.05) is 13.2 Å².